The van der Waals surface area contributed by atoms with Crippen LogP contribution in [0.25, 0.3) is 6.08 Å². The van der Waals surface area contributed by atoms with E-state index in [2.05, 4.69) is 5.32 Å². The number of aryl methyl sites for hydroxylation is 1. The molecule has 2 heterocycles. The lowest BCUT2D eigenvalue weighted by atomic mass is 10.1. The van der Waals surface area contributed by atoms with Gasteiger partial charge in [0, 0.05) is 19.5 Å². The van der Waals surface area contributed by atoms with E-state index in [-0.39, 0.29) is 36.9 Å². The lowest BCUT2D eigenvalue weighted by molar-refractivity contribution is -0.124. The molecule has 1 saturated heterocycles. The van der Waals surface area contributed by atoms with Gasteiger partial charge in [0.25, 0.3) is 11.1 Å². The summed E-state index contributed by atoms with van der Waals surface area (Å²) in [4.78, 5) is 38.5. The molecule has 0 atom stereocenters. The van der Waals surface area contributed by atoms with Crippen molar-refractivity contribution in [2.45, 2.75) is 12.8 Å². The van der Waals surface area contributed by atoms with Gasteiger partial charge in [0.2, 0.25) is 12.7 Å². The number of benzene rings is 2. The van der Waals surface area contributed by atoms with E-state index < -0.39 is 0 Å². The number of carbonyl (C=O) groups excluding carboxylic acids is 3. The summed E-state index contributed by atoms with van der Waals surface area (Å²) >= 11 is 0.883. The molecule has 32 heavy (non-hydrogen) atoms. The monoisotopic (exact) mass is 454 g/mol. The second-order valence-corrected chi connectivity index (χ2v) is 8.14. The summed E-state index contributed by atoms with van der Waals surface area (Å²) in [6.45, 7) is 0.495. The number of amides is 3. The van der Waals surface area contributed by atoms with Crippen LogP contribution >= 0.6 is 11.8 Å². The summed E-state index contributed by atoms with van der Waals surface area (Å²) < 4.78 is 15.7. The molecule has 0 unspecified atom stereocenters. The Morgan fingerprint density at radius 1 is 1.16 bits per heavy atom. The molecular weight excluding hydrogens is 432 g/mol. The number of fused-ring (bicyclic) bond motifs is 1. The van der Waals surface area contributed by atoms with Crippen molar-refractivity contribution >= 4 is 34.9 Å². The van der Waals surface area contributed by atoms with Gasteiger partial charge >= 0.3 is 0 Å². The Balaban J connectivity index is 1.25. The van der Waals surface area contributed by atoms with Gasteiger partial charge in [-0.3, -0.25) is 19.3 Å². The summed E-state index contributed by atoms with van der Waals surface area (Å²) in [6, 6.07) is 12.9. The molecule has 8 nitrogen and oxygen atoms in total. The molecule has 0 spiro atoms. The highest BCUT2D eigenvalue weighted by Crippen LogP contribution is 2.36. The number of ether oxygens (including phenoxy) is 3. The largest absolute Gasteiger partial charge is 0.497 e. The van der Waals surface area contributed by atoms with Crippen LogP contribution in [0.3, 0.4) is 0 Å². The molecule has 1 N–H and O–H groups in total. The van der Waals surface area contributed by atoms with Gasteiger partial charge in [-0.05, 0) is 59.7 Å². The molecular formula is C23H22N2O6S. The van der Waals surface area contributed by atoms with Crippen LogP contribution in [-0.4, -0.2) is 48.9 Å². The zero-order chi connectivity index (χ0) is 22.5. The summed E-state index contributed by atoms with van der Waals surface area (Å²) in [5.41, 5.74) is 1.77. The summed E-state index contributed by atoms with van der Waals surface area (Å²) in [7, 11) is 1.60. The third kappa shape index (κ3) is 5.05. The first-order valence-corrected chi connectivity index (χ1v) is 10.9. The van der Waals surface area contributed by atoms with Crippen LogP contribution in [0.5, 0.6) is 17.2 Å². The van der Waals surface area contributed by atoms with Gasteiger partial charge in [-0.15, -0.1) is 0 Å². The highest BCUT2D eigenvalue weighted by atomic mass is 32.2. The third-order valence-electron chi connectivity index (χ3n) is 5.03. The molecule has 0 bridgehead atoms. The molecule has 1 fully saturated rings. The Kier molecular flexibility index (Phi) is 6.65. The lowest BCUT2D eigenvalue weighted by Crippen LogP contribution is -2.37. The number of rotatable bonds is 8. The zero-order valence-electron chi connectivity index (χ0n) is 17.5. The normalized spacial score (nSPS) is 16.0. The quantitative estimate of drug-likeness (QED) is 0.612. The maximum atomic E-state index is 12.6. The van der Waals surface area contributed by atoms with Gasteiger partial charge in [-0.25, -0.2) is 0 Å². The molecule has 0 saturated carbocycles. The highest BCUT2D eigenvalue weighted by Gasteiger charge is 2.34. The van der Waals surface area contributed by atoms with E-state index in [9.17, 15) is 14.4 Å². The van der Waals surface area contributed by atoms with Gasteiger partial charge < -0.3 is 19.5 Å². The van der Waals surface area contributed by atoms with Gasteiger partial charge in [-0.2, -0.15) is 0 Å². The first-order valence-electron chi connectivity index (χ1n) is 10.1. The SMILES string of the molecule is COc1ccc(CCC(=O)NCCN2C(=O)S/C(=C\c3ccc4c(c3)OCO4)C2=O)cc1. The third-order valence-corrected chi connectivity index (χ3v) is 5.93. The predicted molar refractivity (Wildman–Crippen MR) is 120 cm³/mol. The van der Waals surface area contributed by atoms with Gasteiger partial charge in [0.05, 0.1) is 12.0 Å². The fourth-order valence-electron chi connectivity index (χ4n) is 3.29. The Labute approximate surface area is 189 Å². The molecule has 2 aliphatic heterocycles. The summed E-state index contributed by atoms with van der Waals surface area (Å²) in [6.07, 6.45) is 2.56. The highest BCUT2D eigenvalue weighted by molar-refractivity contribution is 8.18. The van der Waals surface area contributed by atoms with Crippen molar-refractivity contribution in [2.75, 3.05) is 27.0 Å². The van der Waals surface area contributed by atoms with Crippen LogP contribution in [0.4, 0.5) is 4.79 Å². The molecule has 2 aromatic rings. The molecule has 9 heteroatoms. The molecule has 0 aromatic heterocycles. The van der Waals surface area contributed by atoms with Crippen molar-refractivity contribution in [1.29, 1.82) is 0 Å². The minimum Gasteiger partial charge on any atom is -0.497 e. The van der Waals surface area contributed by atoms with Crippen LogP contribution in [0.15, 0.2) is 47.4 Å². The van der Waals surface area contributed by atoms with Crippen molar-refractivity contribution in [1.82, 2.24) is 10.2 Å². The fourth-order valence-corrected chi connectivity index (χ4v) is 4.16. The van der Waals surface area contributed by atoms with Crippen molar-refractivity contribution in [3.63, 3.8) is 0 Å². The van der Waals surface area contributed by atoms with Crippen LogP contribution < -0.4 is 19.5 Å². The van der Waals surface area contributed by atoms with Gasteiger partial charge in [0.1, 0.15) is 5.75 Å². The average molecular weight is 455 g/mol. The molecule has 3 amide bonds. The number of thioether (sulfide) groups is 1. The minimum atomic E-state index is -0.370. The van der Waals surface area contributed by atoms with Crippen molar-refractivity contribution in [3.05, 3.63) is 58.5 Å². The van der Waals surface area contributed by atoms with Gasteiger partial charge in [-0.1, -0.05) is 18.2 Å². The first-order chi connectivity index (χ1) is 15.5. The Morgan fingerprint density at radius 3 is 2.72 bits per heavy atom. The average Bonchev–Trinajstić information content (AvgIpc) is 3.37. The van der Waals surface area contributed by atoms with Crippen LogP contribution in [0.2, 0.25) is 0 Å². The number of hydrogen-bond acceptors (Lipinski definition) is 7. The van der Waals surface area contributed by atoms with E-state index in [0.29, 0.717) is 29.2 Å². The summed E-state index contributed by atoms with van der Waals surface area (Å²) in [5, 5.41) is 2.42. The van der Waals surface area contributed by atoms with Crippen LogP contribution in [-0.2, 0) is 16.0 Å². The van der Waals surface area contributed by atoms with Crippen LogP contribution in [0, 0.1) is 0 Å². The van der Waals surface area contributed by atoms with E-state index in [4.69, 9.17) is 14.2 Å². The van der Waals surface area contributed by atoms with Crippen molar-refractivity contribution < 1.29 is 28.6 Å². The Bertz CT molecular complexity index is 1070. The minimum absolute atomic E-state index is 0.122. The topological polar surface area (TPSA) is 94.2 Å². The molecule has 0 aliphatic carbocycles. The maximum absolute atomic E-state index is 12.6. The number of hydrogen-bond donors (Lipinski definition) is 1. The lowest BCUT2D eigenvalue weighted by Gasteiger charge is -2.13. The second kappa shape index (κ2) is 9.78. The number of nitrogens with zero attached hydrogens (tertiary/aromatic N) is 1. The van der Waals surface area contributed by atoms with E-state index in [1.807, 2.05) is 24.3 Å². The number of methoxy groups -OCH3 is 1. The maximum Gasteiger partial charge on any atom is 0.293 e. The van der Waals surface area contributed by atoms with Crippen molar-refractivity contribution in [2.24, 2.45) is 0 Å². The first kappa shape index (κ1) is 21.8. The fraction of sp³-hybridized carbons (Fsp3) is 0.261. The number of imide groups is 1. The molecule has 2 aliphatic rings. The Hall–Kier alpha value is -3.46. The molecule has 2 aromatic carbocycles. The summed E-state index contributed by atoms with van der Waals surface area (Å²) in [5.74, 6) is 1.52. The predicted octanol–water partition coefficient (Wildman–Crippen LogP) is 3.21. The standard InChI is InChI=1S/C23H22N2O6S/c1-29-17-6-2-15(3-7-17)5-9-21(26)24-10-11-25-22(27)20(32-23(25)28)13-16-4-8-18-19(12-16)31-14-30-18/h2-4,6-8,12-13H,5,9-11,14H2,1H3,(H,24,26)/b20-13-. The Morgan fingerprint density at radius 2 is 1.94 bits per heavy atom. The molecule has 166 valence electrons. The second-order valence-electron chi connectivity index (χ2n) is 7.14. The van der Waals surface area contributed by atoms with E-state index >= 15 is 0 Å². The van der Waals surface area contributed by atoms with Crippen LogP contribution in [0.1, 0.15) is 17.5 Å². The number of carbonyl (C=O) groups is 3. The van der Waals surface area contributed by atoms with E-state index in [1.54, 1.807) is 31.4 Å². The molecule has 4 rings (SSSR count). The number of nitrogens with one attached hydrogen (secondary N) is 1. The van der Waals surface area contributed by atoms with E-state index in [0.717, 1.165) is 33.5 Å². The smallest absolute Gasteiger partial charge is 0.293 e. The van der Waals surface area contributed by atoms with E-state index in [1.165, 1.54) is 0 Å². The van der Waals surface area contributed by atoms with Gasteiger partial charge in [0.15, 0.2) is 11.5 Å². The molecule has 0 radical (unpaired) electrons. The zero-order valence-corrected chi connectivity index (χ0v) is 18.3. The van der Waals surface area contributed by atoms with Crippen molar-refractivity contribution in [3.8, 4) is 17.2 Å².